The molecular formula is C18H27BrO. The molecule has 1 nitrogen and oxygen atoms in total. The van der Waals surface area contributed by atoms with Crippen LogP contribution in [-0.2, 0) is 0 Å². The Morgan fingerprint density at radius 3 is 2.35 bits per heavy atom. The lowest BCUT2D eigenvalue weighted by atomic mass is 9.67. The molecule has 2 heteroatoms. The van der Waals surface area contributed by atoms with E-state index >= 15 is 0 Å². The molecule has 1 fully saturated rings. The number of hydrogen-bond donors (Lipinski definition) is 0. The lowest BCUT2D eigenvalue weighted by molar-refractivity contribution is 0.136. The molecule has 1 saturated carbocycles. The molecule has 0 bridgehead atoms. The summed E-state index contributed by atoms with van der Waals surface area (Å²) < 4.78 is 5.72. The molecule has 2 atom stereocenters. The van der Waals surface area contributed by atoms with Gasteiger partial charge in [-0.2, -0.15) is 0 Å². The predicted octanol–water partition coefficient (Wildman–Crippen LogP) is 6.13. The van der Waals surface area contributed by atoms with Gasteiger partial charge in [0.25, 0.3) is 0 Å². The molecule has 0 amide bonds. The van der Waals surface area contributed by atoms with Gasteiger partial charge < -0.3 is 4.74 Å². The normalized spacial score (nSPS) is 23.6. The number of ether oxygens (including phenoxy) is 1. The van der Waals surface area contributed by atoms with Gasteiger partial charge in [0, 0.05) is 4.83 Å². The first-order valence-corrected chi connectivity index (χ1v) is 8.72. The first-order chi connectivity index (χ1) is 9.40. The van der Waals surface area contributed by atoms with Crippen molar-refractivity contribution < 1.29 is 4.74 Å². The predicted molar refractivity (Wildman–Crippen MR) is 89.6 cm³/mol. The second kappa shape index (κ2) is 6.51. The first-order valence-electron chi connectivity index (χ1n) is 7.81. The molecule has 0 aliphatic heterocycles. The summed E-state index contributed by atoms with van der Waals surface area (Å²) in [6.07, 6.45) is 5.65. The van der Waals surface area contributed by atoms with Crippen molar-refractivity contribution in [2.45, 2.75) is 64.3 Å². The highest BCUT2D eigenvalue weighted by Gasteiger charge is 2.36. The summed E-state index contributed by atoms with van der Waals surface area (Å²) in [6.45, 7) is 8.96. The quantitative estimate of drug-likeness (QED) is 0.600. The van der Waals surface area contributed by atoms with E-state index in [9.17, 15) is 0 Å². The second-order valence-electron chi connectivity index (χ2n) is 6.98. The zero-order valence-corrected chi connectivity index (χ0v) is 14.7. The van der Waals surface area contributed by atoms with Gasteiger partial charge in [-0.05, 0) is 55.7 Å². The van der Waals surface area contributed by atoms with E-state index in [1.807, 2.05) is 0 Å². The van der Waals surface area contributed by atoms with Crippen molar-refractivity contribution in [3.63, 3.8) is 0 Å². The summed E-state index contributed by atoms with van der Waals surface area (Å²) in [4.78, 5) is 0.450. The standard InChI is InChI=1S/C18H27BrO/c1-13(2)20-15-10-8-14(9-11-15)17(19)16-7-5-6-12-18(16,3)4/h8-11,13,16-17H,5-7,12H2,1-4H3. The summed E-state index contributed by atoms with van der Waals surface area (Å²) in [5.74, 6) is 1.68. The van der Waals surface area contributed by atoms with Gasteiger partial charge in [0.15, 0.2) is 0 Å². The van der Waals surface area contributed by atoms with Crippen molar-refractivity contribution in [1.29, 1.82) is 0 Å². The molecule has 1 aliphatic rings. The minimum absolute atomic E-state index is 0.234. The van der Waals surface area contributed by atoms with Crippen LogP contribution >= 0.6 is 15.9 Å². The van der Waals surface area contributed by atoms with Crippen LogP contribution < -0.4 is 4.74 Å². The fraction of sp³-hybridized carbons (Fsp3) is 0.667. The van der Waals surface area contributed by atoms with Crippen molar-refractivity contribution in [3.05, 3.63) is 29.8 Å². The van der Waals surface area contributed by atoms with E-state index in [1.165, 1.54) is 31.2 Å². The number of rotatable bonds is 4. The third-order valence-corrected chi connectivity index (χ3v) is 5.68. The van der Waals surface area contributed by atoms with Crippen molar-refractivity contribution in [1.82, 2.24) is 0 Å². The molecule has 2 rings (SSSR count). The highest BCUT2D eigenvalue weighted by molar-refractivity contribution is 9.09. The van der Waals surface area contributed by atoms with Gasteiger partial charge in [0.05, 0.1) is 6.10 Å². The highest BCUT2D eigenvalue weighted by atomic mass is 79.9. The van der Waals surface area contributed by atoms with E-state index in [0.29, 0.717) is 16.2 Å². The van der Waals surface area contributed by atoms with Crippen molar-refractivity contribution in [2.24, 2.45) is 11.3 Å². The molecular weight excluding hydrogens is 312 g/mol. The fourth-order valence-corrected chi connectivity index (χ4v) is 4.58. The van der Waals surface area contributed by atoms with Crippen LogP contribution in [0.2, 0.25) is 0 Å². The average molecular weight is 339 g/mol. The van der Waals surface area contributed by atoms with Crippen LogP contribution in [0.15, 0.2) is 24.3 Å². The van der Waals surface area contributed by atoms with Gasteiger partial charge in [-0.3, -0.25) is 0 Å². The molecule has 0 heterocycles. The Hall–Kier alpha value is -0.500. The molecule has 0 radical (unpaired) electrons. The average Bonchev–Trinajstić information content (AvgIpc) is 2.37. The lowest BCUT2D eigenvalue weighted by Gasteiger charge is -2.41. The number of hydrogen-bond acceptors (Lipinski definition) is 1. The molecule has 0 N–H and O–H groups in total. The smallest absolute Gasteiger partial charge is 0.119 e. The van der Waals surface area contributed by atoms with Gasteiger partial charge in [0.2, 0.25) is 0 Å². The van der Waals surface area contributed by atoms with E-state index in [4.69, 9.17) is 4.74 Å². The Balaban J connectivity index is 2.10. The third kappa shape index (κ3) is 3.78. The van der Waals surface area contributed by atoms with Crippen LogP contribution in [0.25, 0.3) is 0 Å². The van der Waals surface area contributed by atoms with Crippen LogP contribution in [0.3, 0.4) is 0 Å². The number of alkyl halides is 1. The van der Waals surface area contributed by atoms with Crippen LogP contribution in [0.5, 0.6) is 5.75 Å². The van der Waals surface area contributed by atoms with Crippen LogP contribution in [0, 0.1) is 11.3 Å². The minimum atomic E-state index is 0.234. The maximum atomic E-state index is 5.72. The Morgan fingerprint density at radius 1 is 1.15 bits per heavy atom. The molecule has 2 unspecified atom stereocenters. The number of halogens is 1. The van der Waals surface area contributed by atoms with Gasteiger partial charge in [-0.25, -0.2) is 0 Å². The van der Waals surface area contributed by atoms with Gasteiger partial charge in [0.1, 0.15) is 5.75 Å². The van der Waals surface area contributed by atoms with E-state index in [2.05, 4.69) is 67.9 Å². The van der Waals surface area contributed by atoms with Crippen molar-refractivity contribution >= 4 is 15.9 Å². The molecule has 1 aliphatic carbocycles. The van der Waals surface area contributed by atoms with E-state index in [0.717, 1.165) is 5.75 Å². The molecule has 0 saturated heterocycles. The molecule has 1 aromatic rings. The Bertz CT molecular complexity index is 422. The SMILES string of the molecule is CC(C)Oc1ccc(C(Br)C2CCCCC2(C)C)cc1. The third-order valence-electron chi connectivity index (χ3n) is 4.51. The Labute approximate surface area is 132 Å². The van der Waals surface area contributed by atoms with Gasteiger partial charge in [-0.1, -0.05) is 54.8 Å². The van der Waals surface area contributed by atoms with Crippen molar-refractivity contribution in [3.8, 4) is 5.75 Å². The van der Waals surface area contributed by atoms with E-state index in [1.54, 1.807) is 0 Å². The molecule has 0 spiro atoms. The monoisotopic (exact) mass is 338 g/mol. The van der Waals surface area contributed by atoms with Crippen LogP contribution in [-0.4, -0.2) is 6.10 Å². The molecule has 0 aromatic heterocycles. The van der Waals surface area contributed by atoms with Crippen molar-refractivity contribution in [2.75, 3.05) is 0 Å². The highest BCUT2D eigenvalue weighted by Crippen LogP contribution is 2.50. The number of benzene rings is 1. The minimum Gasteiger partial charge on any atom is -0.491 e. The fourth-order valence-electron chi connectivity index (χ4n) is 3.30. The van der Waals surface area contributed by atoms with E-state index in [-0.39, 0.29) is 6.10 Å². The molecule has 1 aromatic carbocycles. The summed E-state index contributed by atoms with van der Waals surface area (Å²) in [5, 5.41) is 0. The molecule has 20 heavy (non-hydrogen) atoms. The zero-order valence-electron chi connectivity index (χ0n) is 13.2. The van der Waals surface area contributed by atoms with Crippen LogP contribution in [0.4, 0.5) is 0 Å². The van der Waals surface area contributed by atoms with Gasteiger partial charge >= 0.3 is 0 Å². The largest absolute Gasteiger partial charge is 0.491 e. The second-order valence-corrected chi connectivity index (χ2v) is 7.96. The molecule has 112 valence electrons. The summed E-state index contributed by atoms with van der Waals surface area (Å²) >= 11 is 3.96. The summed E-state index contributed by atoms with van der Waals surface area (Å²) in [7, 11) is 0. The van der Waals surface area contributed by atoms with Crippen LogP contribution in [0.1, 0.15) is 63.8 Å². The Morgan fingerprint density at radius 2 is 1.80 bits per heavy atom. The first kappa shape index (κ1) is 15.9. The summed E-state index contributed by atoms with van der Waals surface area (Å²) in [6, 6.07) is 8.61. The van der Waals surface area contributed by atoms with Gasteiger partial charge in [-0.15, -0.1) is 0 Å². The topological polar surface area (TPSA) is 9.23 Å². The zero-order chi connectivity index (χ0) is 14.8. The Kier molecular flexibility index (Phi) is 5.17. The summed E-state index contributed by atoms with van der Waals surface area (Å²) in [5.41, 5.74) is 1.81. The van der Waals surface area contributed by atoms with E-state index < -0.39 is 0 Å². The maximum absolute atomic E-state index is 5.72. The lowest BCUT2D eigenvalue weighted by Crippen LogP contribution is -2.30. The maximum Gasteiger partial charge on any atom is 0.119 e.